The van der Waals surface area contributed by atoms with Crippen molar-refractivity contribution in [2.24, 2.45) is 0 Å². The minimum absolute atomic E-state index is 1.04. The van der Waals surface area contributed by atoms with E-state index >= 15 is 0 Å². The molecule has 0 nitrogen and oxygen atoms in total. The normalized spacial score (nSPS) is 11.2. The van der Waals surface area contributed by atoms with E-state index in [9.17, 15) is 0 Å². The Balaban J connectivity index is 3.80. The topological polar surface area (TPSA) is 0 Å². The van der Waals surface area contributed by atoms with Gasteiger partial charge in [-0.05, 0) is 0 Å². The van der Waals surface area contributed by atoms with Crippen LogP contribution in [0.3, 0.4) is 0 Å². The summed E-state index contributed by atoms with van der Waals surface area (Å²) in [5.41, 5.74) is 0. The van der Waals surface area contributed by atoms with Crippen LogP contribution in [-0.2, 0) is 0 Å². The summed E-state index contributed by atoms with van der Waals surface area (Å²) in [6.45, 7) is 6.98. The minimum atomic E-state index is -1.04. The molecule has 0 aliphatic rings. The van der Waals surface area contributed by atoms with E-state index in [4.69, 9.17) is 0 Å². The Hall–Kier alpha value is 0.799. The van der Waals surface area contributed by atoms with Gasteiger partial charge in [-0.2, -0.15) is 0 Å². The van der Waals surface area contributed by atoms with E-state index in [0.717, 1.165) is 0 Å². The SMILES string of the molecule is CCCCCCCC[CH2][Sn+]([CH2]CCCCCCCC)[CH2]CCCCCCCC. The van der Waals surface area contributed by atoms with Crippen LogP contribution in [0.25, 0.3) is 0 Å². The second-order valence-corrected chi connectivity index (χ2v) is 17.9. The van der Waals surface area contributed by atoms with E-state index in [2.05, 4.69) is 20.8 Å². The molecule has 28 heavy (non-hydrogen) atoms. The van der Waals surface area contributed by atoms with Crippen molar-refractivity contribution in [3.63, 3.8) is 0 Å². The Morgan fingerprint density at radius 2 is 0.500 bits per heavy atom. The van der Waals surface area contributed by atoms with Gasteiger partial charge in [-0.15, -0.1) is 0 Å². The molecule has 1 heteroatoms. The number of unbranched alkanes of at least 4 members (excludes halogenated alkanes) is 18. The van der Waals surface area contributed by atoms with Gasteiger partial charge in [0.05, 0.1) is 0 Å². The fourth-order valence-corrected chi connectivity index (χ4v) is 12.9. The molecule has 0 aliphatic heterocycles. The third kappa shape index (κ3) is 23.1. The number of hydrogen-bond acceptors (Lipinski definition) is 0. The van der Waals surface area contributed by atoms with Crippen LogP contribution in [0, 0.1) is 0 Å². The molecule has 0 amide bonds. The van der Waals surface area contributed by atoms with Crippen LogP contribution in [0.1, 0.15) is 156 Å². The first-order valence-corrected chi connectivity index (χ1v) is 19.7. The molecular weight excluding hydrogens is 443 g/mol. The summed E-state index contributed by atoms with van der Waals surface area (Å²) >= 11 is -1.04. The molecule has 168 valence electrons. The molecule has 0 spiro atoms. The van der Waals surface area contributed by atoms with Gasteiger partial charge in [0.2, 0.25) is 0 Å². The zero-order chi connectivity index (χ0) is 20.5. The van der Waals surface area contributed by atoms with E-state index in [1.165, 1.54) is 96.3 Å². The monoisotopic (exact) mass is 501 g/mol. The summed E-state index contributed by atoms with van der Waals surface area (Å²) in [5.74, 6) is 0. The Labute approximate surface area is 188 Å². The molecule has 0 bridgehead atoms. The molecule has 0 rings (SSSR count). The van der Waals surface area contributed by atoms with Gasteiger partial charge in [0.25, 0.3) is 0 Å². The molecule has 0 aromatic rings. The zero-order valence-corrected chi connectivity index (χ0v) is 23.3. The summed E-state index contributed by atoms with van der Waals surface area (Å²) in [5, 5.41) is 0. The third-order valence-electron chi connectivity index (χ3n) is 6.40. The van der Waals surface area contributed by atoms with Crippen LogP contribution in [0.2, 0.25) is 13.3 Å². The van der Waals surface area contributed by atoms with E-state index in [1.54, 1.807) is 51.8 Å². The van der Waals surface area contributed by atoms with Crippen molar-refractivity contribution in [3.8, 4) is 0 Å². The first-order chi connectivity index (χ1) is 13.8. The van der Waals surface area contributed by atoms with Crippen LogP contribution >= 0.6 is 0 Å². The zero-order valence-electron chi connectivity index (χ0n) is 20.5. The first-order valence-electron chi connectivity index (χ1n) is 13.7. The Kier molecular flexibility index (Phi) is 26.6. The quantitative estimate of drug-likeness (QED) is 0.0913. The van der Waals surface area contributed by atoms with Gasteiger partial charge in [-0.1, -0.05) is 0 Å². The predicted octanol–water partition coefficient (Wildman–Crippen LogP) is 10.7. The fraction of sp³-hybridized carbons (Fsp3) is 1.00. The van der Waals surface area contributed by atoms with Crippen molar-refractivity contribution < 1.29 is 0 Å². The average Bonchev–Trinajstić information content (AvgIpc) is 2.71. The molecule has 0 atom stereocenters. The van der Waals surface area contributed by atoms with Crippen molar-refractivity contribution in [2.45, 2.75) is 169 Å². The van der Waals surface area contributed by atoms with Gasteiger partial charge in [-0.25, -0.2) is 0 Å². The van der Waals surface area contributed by atoms with E-state index in [1.807, 2.05) is 0 Å². The van der Waals surface area contributed by atoms with Crippen molar-refractivity contribution in [2.75, 3.05) is 0 Å². The summed E-state index contributed by atoms with van der Waals surface area (Å²) in [7, 11) is 0. The van der Waals surface area contributed by atoms with Gasteiger partial charge in [0.1, 0.15) is 0 Å². The van der Waals surface area contributed by atoms with E-state index in [-0.39, 0.29) is 0 Å². The van der Waals surface area contributed by atoms with Crippen LogP contribution in [-0.4, -0.2) is 19.8 Å². The van der Waals surface area contributed by atoms with Crippen molar-refractivity contribution >= 4 is 19.8 Å². The average molecular weight is 500 g/mol. The third-order valence-corrected chi connectivity index (χ3v) is 15.5. The predicted molar refractivity (Wildman–Crippen MR) is 134 cm³/mol. The molecule has 0 heterocycles. The molecule has 0 aromatic carbocycles. The van der Waals surface area contributed by atoms with Gasteiger partial charge in [0, 0.05) is 0 Å². The van der Waals surface area contributed by atoms with Crippen molar-refractivity contribution in [1.29, 1.82) is 0 Å². The van der Waals surface area contributed by atoms with Crippen molar-refractivity contribution in [1.82, 2.24) is 0 Å². The van der Waals surface area contributed by atoms with Crippen molar-refractivity contribution in [3.05, 3.63) is 0 Å². The van der Waals surface area contributed by atoms with E-state index in [0.29, 0.717) is 0 Å². The Morgan fingerprint density at radius 3 is 0.750 bits per heavy atom. The molecule has 0 aliphatic carbocycles. The maximum absolute atomic E-state index is 2.33. The van der Waals surface area contributed by atoms with Gasteiger partial charge in [0.15, 0.2) is 0 Å². The molecule has 0 unspecified atom stereocenters. The standard InChI is InChI=1S/3C9H19.Sn/c3*1-3-5-7-9-8-6-4-2;/h3*1,3-9H2,2H3;/q;;;+1. The van der Waals surface area contributed by atoms with Gasteiger partial charge >= 0.3 is 189 Å². The van der Waals surface area contributed by atoms with Gasteiger partial charge < -0.3 is 0 Å². The first kappa shape index (κ1) is 28.8. The molecule has 0 aromatic heterocycles. The summed E-state index contributed by atoms with van der Waals surface area (Å²) in [6, 6.07) is 0. The number of rotatable bonds is 24. The summed E-state index contributed by atoms with van der Waals surface area (Å²) in [4.78, 5) is 0. The Bertz CT molecular complexity index is 220. The van der Waals surface area contributed by atoms with E-state index < -0.39 is 19.8 Å². The number of hydrogen-bond donors (Lipinski definition) is 0. The molecule has 0 N–H and O–H groups in total. The summed E-state index contributed by atoms with van der Waals surface area (Å²) < 4.78 is 5.17. The van der Waals surface area contributed by atoms with Gasteiger partial charge in [-0.3, -0.25) is 0 Å². The fourth-order valence-electron chi connectivity index (χ4n) is 4.37. The molecule has 0 fully saturated rings. The van der Waals surface area contributed by atoms with Crippen LogP contribution in [0.5, 0.6) is 0 Å². The van der Waals surface area contributed by atoms with Crippen LogP contribution < -0.4 is 0 Å². The summed E-state index contributed by atoms with van der Waals surface area (Å²) in [6.07, 6.45) is 31.4. The second kappa shape index (κ2) is 25.8. The molecular formula is C27H57Sn+. The maximum atomic E-state index is 2.33. The second-order valence-electron chi connectivity index (χ2n) is 9.36. The molecule has 0 radical (unpaired) electrons. The molecule has 0 saturated heterocycles. The van der Waals surface area contributed by atoms with Crippen LogP contribution in [0.4, 0.5) is 0 Å². The Morgan fingerprint density at radius 1 is 0.286 bits per heavy atom. The molecule has 0 saturated carbocycles. The van der Waals surface area contributed by atoms with Crippen LogP contribution in [0.15, 0.2) is 0 Å².